The number of halogens is 3. The third-order valence-electron chi connectivity index (χ3n) is 4.08. The molecule has 1 heterocycles. The summed E-state index contributed by atoms with van der Waals surface area (Å²) in [6.07, 6.45) is -3.62. The van der Waals surface area contributed by atoms with Gasteiger partial charge in [0.15, 0.2) is 0 Å². The summed E-state index contributed by atoms with van der Waals surface area (Å²) in [6, 6.07) is 12.0. The molecule has 1 aliphatic rings. The van der Waals surface area contributed by atoms with E-state index >= 15 is 0 Å². The molecule has 4 rings (SSSR count). The number of aromatic nitrogens is 1. The number of hydrogen-bond acceptors (Lipinski definition) is 4. The lowest BCUT2D eigenvalue weighted by atomic mass is 10.1. The second-order valence-corrected chi connectivity index (χ2v) is 6.86. The number of rotatable bonds is 3. The van der Waals surface area contributed by atoms with Crippen molar-refractivity contribution in [2.75, 3.05) is 5.43 Å². The molecule has 1 amide bonds. The molecule has 0 fully saturated rings. The van der Waals surface area contributed by atoms with Gasteiger partial charge in [0.05, 0.1) is 11.3 Å². The number of carbonyl (C=O) groups is 1. The fraction of sp³-hybridized carbons (Fsp3) is 0.111. The Labute approximate surface area is 150 Å². The van der Waals surface area contributed by atoms with Gasteiger partial charge in [0, 0.05) is 22.4 Å². The number of carbonyl (C=O) groups excluding carboxylic acids is 1. The minimum atomic E-state index is -4.43. The van der Waals surface area contributed by atoms with Gasteiger partial charge in [-0.2, -0.15) is 13.2 Å². The molecule has 0 radical (unpaired) electrons. The molecule has 1 aliphatic carbocycles. The van der Waals surface area contributed by atoms with Crippen LogP contribution >= 0.6 is 11.3 Å². The van der Waals surface area contributed by atoms with Crippen LogP contribution in [-0.4, -0.2) is 10.9 Å². The number of amides is 1. The molecule has 3 aromatic rings. The van der Waals surface area contributed by atoms with Gasteiger partial charge in [-0.25, -0.2) is 4.98 Å². The molecule has 0 saturated carbocycles. The first-order chi connectivity index (χ1) is 12.4. The van der Waals surface area contributed by atoms with Crippen molar-refractivity contribution < 1.29 is 18.0 Å². The van der Waals surface area contributed by atoms with Gasteiger partial charge >= 0.3 is 6.18 Å². The van der Waals surface area contributed by atoms with Crippen LogP contribution < -0.4 is 10.9 Å². The number of hydrogen-bond donors (Lipinski definition) is 2. The van der Waals surface area contributed by atoms with Crippen molar-refractivity contribution in [1.29, 1.82) is 0 Å². The predicted molar refractivity (Wildman–Crippen MR) is 92.9 cm³/mol. The summed E-state index contributed by atoms with van der Waals surface area (Å²) in [6.45, 7) is 0. The van der Waals surface area contributed by atoms with Crippen molar-refractivity contribution in [2.24, 2.45) is 0 Å². The maximum absolute atomic E-state index is 12.6. The second kappa shape index (κ2) is 6.14. The van der Waals surface area contributed by atoms with Crippen molar-refractivity contribution in [3.8, 4) is 11.3 Å². The van der Waals surface area contributed by atoms with Crippen LogP contribution in [0.25, 0.3) is 11.3 Å². The molecule has 0 bridgehead atoms. The molecule has 0 spiro atoms. The van der Waals surface area contributed by atoms with E-state index in [1.165, 1.54) is 16.9 Å². The molecule has 2 N–H and O–H groups in total. The first-order valence-corrected chi connectivity index (χ1v) is 8.55. The smallest absolute Gasteiger partial charge is 0.273 e. The Morgan fingerprint density at radius 1 is 1.08 bits per heavy atom. The van der Waals surface area contributed by atoms with Crippen molar-refractivity contribution in [1.82, 2.24) is 10.4 Å². The van der Waals surface area contributed by atoms with Gasteiger partial charge in [-0.05, 0) is 29.8 Å². The van der Waals surface area contributed by atoms with Gasteiger partial charge in [-0.1, -0.05) is 35.6 Å². The number of benzene rings is 2. The summed E-state index contributed by atoms with van der Waals surface area (Å²) >= 11 is 1.44. The first kappa shape index (κ1) is 16.6. The highest BCUT2D eigenvalue weighted by Crippen LogP contribution is 2.40. The van der Waals surface area contributed by atoms with Crippen LogP contribution in [0.4, 0.5) is 18.3 Å². The summed E-state index contributed by atoms with van der Waals surface area (Å²) in [5.41, 5.74) is 7.74. The Bertz CT molecular complexity index is 980. The first-order valence-electron chi connectivity index (χ1n) is 7.73. The summed E-state index contributed by atoms with van der Waals surface area (Å²) in [4.78, 5) is 17.7. The molecule has 132 valence electrons. The van der Waals surface area contributed by atoms with Gasteiger partial charge in [0.1, 0.15) is 0 Å². The molecule has 8 heteroatoms. The zero-order valence-corrected chi connectivity index (χ0v) is 14.0. The standard InChI is InChI=1S/C18H12F3N3OS/c19-18(20,21)12-7-5-10(6-8-12)16(25)23-24-17-22-15-13-4-2-1-3-11(13)9-14(15)26-17/h1-8H,9H2,(H,22,24)(H,23,25). The number of thiazole rings is 1. The molecule has 0 atom stereocenters. The van der Waals surface area contributed by atoms with Crippen molar-refractivity contribution >= 4 is 22.4 Å². The molecular formula is C18H12F3N3OS. The predicted octanol–water partition coefficient (Wildman–Crippen LogP) is 4.49. The fourth-order valence-electron chi connectivity index (χ4n) is 2.81. The quantitative estimate of drug-likeness (QED) is 0.519. The molecule has 26 heavy (non-hydrogen) atoms. The van der Waals surface area contributed by atoms with Crippen molar-refractivity contribution in [2.45, 2.75) is 12.6 Å². The lowest BCUT2D eigenvalue weighted by Crippen LogP contribution is -2.29. The Morgan fingerprint density at radius 3 is 2.54 bits per heavy atom. The van der Waals surface area contributed by atoms with E-state index in [0.717, 1.165) is 46.8 Å². The maximum Gasteiger partial charge on any atom is 0.416 e. The monoisotopic (exact) mass is 375 g/mol. The van der Waals surface area contributed by atoms with E-state index in [2.05, 4.69) is 21.9 Å². The van der Waals surface area contributed by atoms with E-state index < -0.39 is 17.6 Å². The number of fused-ring (bicyclic) bond motifs is 3. The SMILES string of the molecule is O=C(NNc1nc2c(s1)Cc1ccccc1-2)c1ccc(C(F)(F)F)cc1. The summed E-state index contributed by atoms with van der Waals surface area (Å²) < 4.78 is 37.7. The minimum Gasteiger partial charge on any atom is -0.273 e. The van der Waals surface area contributed by atoms with Crippen LogP contribution in [0.3, 0.4) is 0 Å². The summed E-state index contributed by atoms with van der Waals surface area (Å²) in [5, 5.41) is 0.532. The number of alkyl halides is 3. The average molecular weight is 375 g/mol. The van der Waals surface area contributed by atoms with E-state index in [-0.39, 0.29) is 5.56 Å². The molecule has 4 nitrogen and oxygen atoms in total. The normalized spacial score (nSPS) is 12.4. The van der Waals surface area contributed by atoms with Crippen LogP contribution in [0, 0.1) is 0 Å². The van der Waals surface area contributed by atoms with Crippen molar-refractivity contribution in [3.05, 3.63) is 70.1 Å². The van der Waals surface area contributed by atoms with Gasteiger partial charge < -0.3 is 0 Å². The zero-order valence-electron chi connectivity index (χ0n) is 13.2. The van der Waals surface area contributed by atoms with E-state index in [4.69, 9.17) is 0 Å². The van der Waals surface area contributed by atoms with Crippen LogP contribution in [0.2, 0.25) is 0 Å². The Kier molecular flexibility index (Phi) is 3.91. The second-order valence-electron chi connectivity index (χ2n) is 5.78. The zero-order chi connectivity index (χ0) is 18.3. The molecule has 1 aromatic heterocycles. The van der Waals surface area contributed by atoms with E-state index in [9.17, 15) is 18.0 Å². The third kappa shape index (κ3) is 3.03. The number of nitrogens with one attached hydrogen (secondary N) is 2. The fourth-order valence-corrected chi connectivity index (χ4v) is 3.76. The Hall–Kier alpha value is -2.87. The Balaban J connectivity index is 1.43. The highest BCUT2D eigenvalue weighted by molar-refractivity contribution is 7.16. The average Bonchev–Trinajstić information content (AvgIpc) is 3.16. The molecular weight excluding hydrogens is 363 g/mol. The molecule has 0 aliphatic heterocycles. The molecule has 0 unspecified atom stereocenters. The summed E-state index contributed by atoms with van der Waals surface area (Å²) in [7, 11) is 0. The van der Waals surface area contributed by atoms with Crippen LogP contribution in [0.5, 0.6) is 0 Å². The molecule has 0 saturated heterocycles. The van der Waals surface area contributed by atoms with E-state index in [1.54, 1.807) is 0 Å². The lowest BCUT2D eigenvalue weighted by molar-refractivity contribution is -0.137. The van der Waals surface area contributed by atoms with Crippen molar-refractivity contribution in [3.63, 3.8) is 0 Å². The van der Waals surface area contributed by atoms with Gasteiger partial charge in [-0.3, -0.25) is 15.6 Å². The largest absolute Gasteiger partial charge is 0.416 e. The van der Waals surface area contributed by atoms with Crippen LogP contribution in [-0.2, 0) is 12.6 Å². The number of nitrogens with zero attached hydrogens (tertiary/aromatic N) is 1. The summed E-state index contributed by atoms with van der Waals surface area (Å²) in [5.74, 6) is -0.533. The number of anilines is 1. The number of hydrazine groups is 1. The Morgan fingerprint density at radius 2 is 1.81 bits per heavy atom. The lowest BCUT2D eigenvalue weighted by Gasteiger charge is -2.08. The highest BCUT2D eigenvalue weighted by Gasteiger charge is 2.30. The van der Waals surface area contributed by atoms with Gasteiger partial charge in [0.25, 0.3) is 5.91 Å². The van der Waals surface area contributed by atoms with E-state index in [0.29, 0.717) is 5.13 Å². The maximum atomic E-state index is 12.6. The molecule has 2 aromatic carbocycles. The van der Waals surface area contributed by atoms with Crippen LogP contribution in [0.15, 0.2) is 48.5 Å². The van der Waals surface area contributed by atoms with E-state index in [1.807, 2.05) is 18.2 Å². The topological polar surface area (TPSA) is 54.0 Å². The van der Waals surface area contributed by atoms with Gasteiger partial charge in [0.2, 0.25) is 5.13 Å². The van der Waals surface area contributed by atoms with Crippen LogP contribution in [0.1, 0.15) is 26.4 Å². The third-order valence-corrected chi connectivity index (χ3v) is 5.05. The minimum absolute atomic E-state index is 0.125. The van der Waals surface area contributed by atoms with Gasteiger partial charge in [-0.15, -0.1) is 0 Å². The highest BCUT2D eigenvalue weighted by atomic mass is 32.1.